The number of aryl methyl sites for hydroxylation is 3. The standard InChI is InChI=1S/C16H19ClN2O3/c1-12-10-13(2)19(18-12)7-6-16(20)22-9-8-21-15-5-3-4-14(17)11-15/h3-5,10-11H,6-9H2,1-2H3. The fourth-order valence-electron chi connectivity index (χ4n) is 2.04. The van der Waals surface area contributed by atoms with Crippen molar-refractivity contribution in [2.24, 2.45) is 0 Å². The molecule has 6 heteroatoms. The topological polar surface area (TPSA) is 53.4 Å². The van der Waals surface area contributed by atoms with E-state index in [9.17, 15) is 4.79 Å². The van der Waals surface area contributed by atoms with E-state index in [1.807, 2.05) is 19.9 Å². The van der Waals surface area contributed by atoms with Crippen LogP contribution in [0.1, 0.15) is 17.8 Å². The molecule has 0 saturated heterocycles. The van der Waals surface area contributed by atoms with E-state index in [0.717, 1.165) is 11.4 Å². The minimum Gasteiger partial charge on any atom is -0.490 e. The first-order valence-corrected chi connectivity index (χ1v) is 7.47. The average molecular weight is 323 g/mol. The molecule has 0 spiro atoms. The Morgan fingerprint density at radius 3 is 2.77 bits per heavy atom. The lowest BCUT2D eigenvalue weighted by molar-refractivity contribution is -0.144. The Hall–Kier alpha value is -2.01. The lowest BCUT2D eigenvalue weighted by Gasteiger charge is -2.08. The highest BCUT2D eigenvalue weighted by Crippen LogP contribution is 2.16. The molecule has 0 saturated carbocycles. The van der Waals surface area contributed by atoms with E-state index in [1.54, 1.807) is 28.9 Å². The molecule has 22 heavy (non-hydrogen) atoms. The predicted molar refractivity (Wildman–Crippen MR) is 84.2 cm³/mol. The van der Waals surface area contributed by atoms with Crippen molar-refractivity contribution < 1.29 is 14.3 Å². The van der Waals surface area contributed by atoms with Gasteiger partial charge in [0.2, 0.25) is 0 Å². The molecule has 1 heterocycles. The highest BCUT2D eigenvalue weighted by molar-refractivity contribution is 6.30. The van der Waals surface area contributed by atoms with E-state index < -0.39 is 0 Å². The Morgan fingerprint density at radius 1 is 1.27 bits per heavy atom. The van der Waals surface area contributed by atoms with Crippen molar-refractivity contribution in [3.63, 3.8) is 0 Å². The molecule has 0 N–H and O–H groups in total. The van der Waals surface area contributed by atoms with Gasteiger partial charge in [0.05, 0.1) is 18.7 Å². The summed E-state index contributed by atoms with van der Waals surface area (Å²) in [7, 11) is 0. The number of ether oxygens (including phenoxy) is 2. The summed E-state index contributed by atoms with van der Waals surface area (Å²) in [6, 6.07) is 9.07. The number of carbonyl (C=O) groups is 1. The normalized spacial score (nSPS) is 10.5. The number of carbonyl (C=O) groups excluding carboxylic acids is 1. The Labute approximate surface area is 134 Å². The quantitative estimate of drug-likeness (QED) is 0.580. The fourth-order valence-corrected chi connectivity index (χ4v) is 2.22. The van der Waals surface area contributed by atoms with E-state index in [2.05, 4.69) is 5.10 Å². The number of nitrogens with zero attached hydrogens (tertiary/aromatic N) is 2. The van der Waals surface area contributed by atoms with Crippen molar-refractivity contribution in [2.75, 3.05) is 13.2 Å². The molecule has 2 aromatic rings. The molecule has 0 aliphatic heterocycles. The summed E-state index contributed by atoms with van der Waals surface area (Å²) in [4.78, 5) is 11.7. The predicted octanol–water partition coefficient (Wildman–Crippen LogP) is 3.17. The third-order valence-electron chi connectivity index (χ3n) is 3.04. The van der Waals surface area contributed by atoms with Crippen LogP contribution in [-0.2, 0) is 16.1 Å². The van der Waals surface area contributed by atoms with Crippen LogP contribution in [-0.4, -0.2) is 29.0 Å². The molecule has 0 bridgehead atoms. The van der Waals surface area contributed by atoms with Crippen LogP contribution in [0.2, 0.25) is 5.02 Å². The molecule has 2 rings (SSSR count). The summed E-state index contributed by atoms with van der Waals surface area (Å²) >= 11 is 5.85. The van der Waals surface area contributed by atoms with Crippen molar-refractivity contribution >= 4 is 17.6 Å². The van der Waals surface area contributed by atoms with Gasteiger partial charge in [0, 0.05) is 10.7 Å². The van der Waals surface area contributed by atoms with Crippen LogP contribution in [0.3, 0.4) is 0 Å². The first kappa shape index (κ1) is 16.4. The Balaban J connectivity index is 1.64. The van der Waals surface area contributed by atoms with Crippen LogP contribution < -0.4 is 4.74 Å². The smallest absolute Gasteiger partial charge is 0.307 e. The highest BCUT2D eigenvalue weighted by Gasteiger charge is 2.06. The van der Waals surface area contributed by atoms with Gasteiger partial charge in [0.15, 0.2) is 0 Å². The molecule has 0 amide bonds. The molecule has 0 aliphatic rings. The lowest BCUT2D eigenvalue weighted by Crippen LogP contribution is -2.15. The van der Waals surface area contributed by atoms with Crippen molar-refractivity contribution in [2.45, 2.75) is 26.8 Å². The van der Waals surface area contributed by atoms with Crippen LogP contribution in [0, 0.1) is 13.8 Å². The van der Waals surface area contributed by atoms with Gasteiger partial charge in [-0.2, -0.15) is 5.10 Å². The molecule has 1 aromatic heterocycles. The molecule has 0 unspecified atom stereocenters. The summed E-state index contributed by atoms with van der Waals surface area (Å²) in [6.07, 6.45) is 0.291. The summed E-state index contributed by atoms with van der Waals surface area (Å²) in [6.45, 7) is 4.92. The van der Waals surface area contributed by atoms with Gasteiger partial charge in [0.1, 0.15) is 19.0 Å². The van der Waals surface area contributed by atoms with Gasteiger partial charge in [-0.25, -0.2) is 0 Å². The summed E-state index contributed by atoms with van der Waals surface area (Å²) in [5.74, 6) is 0.397. The van der Waals surface area contributed by atoms with Crippen molar-refractivity contribution in [1.29, 1.82) is 0 Å². The van der Waals surface area contributed by atoms with Gasteiger partial charge in [-0.05, 0) is 38.1 Å². The number of aromatic nitrogens is 2. The first-order valence-electron chi connectivity index (χ1n) is 7.09. The third-order valence-corrected chi connectivity index (χ3v) is 3.28. The second-order valence-corrected chi connectivity index (χ2v) is 5.36. The number of benzene rings is 1. The minimum atomic E-state index is -0.262. The zero-order chi connectivity index (χ0) is 15.9. The zero-order valence-corrected chi connectivity index (χ0v) is 13.5. The second kappa shape index (κ2) is 7.84. The molecular weight excluding hydrogens is 304 g/mol. The Kier molecular flexibility index (Phi) is 5.83. The molecular formula is C16H19ClN2O3. The highest BCUT2D eigenvalue weighted by atomic mass is 35.5. The maximum absolute atomic E-state index is 11.7. The van der Waals surface area contributed by atoms with Crippen LogP contribution in [0.15, 0.2) is 30.3 Å². The summed E-state index contributed by atoms with van der Waals surface area (Å²) in [5, 5.41) is 4.91. The number of esters is 1. The first-order chi connectivity index (χ1) is 10.5. The molecule has 1 aromatic carbocycles. The maximum Gasteiger partial charge on any atom is 0.307 e. The van der Waals surface area contributed by atoms with E-state index >= 15 is 0 Å². The van der Waals surface area contributed by atoms with Crippen LogP contribution in [0.5, 0.6) is 5.75 Å². The van der Waals surface area contributed by atoms with E-state index in [0.29, 0.717) is 30.3 Å². The molecule has 118 valence electrons. The second-order valence-electron chi connectivity index (χ2n) is 4.93. The van der Waals surface area contributed by atoms with Crippen LogP contribution >= 0.6 is 11.6 Å². The molecule has 0 fully saturated rings. The third kappa shape index (κ3) is 5.07. The van der Waals surface area contributed by atoms with E-state index in [1.165, 1.54) is 0 Å². The van der Waals surface area contributed by atoms with E-state index in [4.69, 9.17) is 21.1 Å². The lowest BCUT2D eigenvalue weighted by atomic mass is 10.3. The molecule has 0 atom stereocenters. The van der Waals surface area contributed by atoms with E-state index in [-0.39, 0.29) is 12.6 Å². The van der Waals surface area contributed by atoms with Crippen LogP contribution in [0.25, 0.3) is 0 Å². The monoisotopic (exact) mass is 322 g/mol. The van der Waals surface area contributed by atoms with Crippen molar-refractivity contribution in [3.8, 4) is 5.75 Å². The Bertz CT molecular complexity index is 640. The van der Waals surface area contributed by atoms with Gasteiger partial charge >= 0.3 is 5.97 Å². The summed E-state index contributed by atoms with van der Waals surface area (Å²) < 4.78 is 12.4. The number of halogens is 1. The SMILES string of the molecule is Cc1cc(C)n(CCC(=O)OCCOc2cccc(Cl)c2)n1. The molecule has 5 nitrogen and oxygen atoms in total. The zero-order valence-electron chi connectivity index (χ0n) is 12.7. The van der Waals surface area contributed by atoms with Crippen LogP contribution in [0.4, 0.5) is 0 Å². The maximum atomic E-state index is 11.7. The van der Waals surface area contributed by atoms with Gasteiger partial charge in [-0.15, -0.1) is 0 Å². The fraction of sp³-hybridized carbons (Fsp3) is 0.375. The molecule has 0 aliphatic carbocycles. The number of hydrogen-bond acceptors (Lipinski definition) is 4. The average Bonchev–Trinajstić information content (AvgIpc) is 2.79. The van der Waals surface area contributed by atoms with Gasteiger partial charge in [-0.3, -0.25) is 9.48 Å². The Morgan fingerprint density at radius 2 is 2.09 bits per heavy atom. The summed E-state index contributed by atoms with van der Waals surface area (Å²) in [5.41, 5.74) is 1.98. The van der Waals surface area contributed by atoms with Crippen molar-refractivity contribution in [1.82, 2.24) is 9.78 Å². The minimum absolute atomic E-state index is 0.211. The number of hydrogen-bond donors (Lipinski definition) is 0. The van der Waals surface area contributed by atoms with Gasteiger partial charge in [-0.1, -0.05) is 17.7 Å². The number of rotatable bonds is 7. The van der Waals surface area contributed by atoms with Gasteiger partial charge < -0.3 is 9.47 Å². The van der Waals surface area contributed by atoms with Crippen molar-refractivity contribution in [3.05, 3.63) is 46.7 Å². The molecule has 0 radical (unpaired) electrons. The van der Waals surface area contributed by atoms with Gasteiger partial charge in [0.25, 0.3) is 0 Å². The largest absolute Gasteiger partial charge is 0.490 e.